The Morgan fingerprint density at radius 2 is 1.75 bits per heavy atom. The zero-order valence-corrected chi connectivity index (χ0v) is 8.51. The Labute approximate surface area is 88.6 Å². The van der Waals surface area contributed by atoms with E-state index in [0.29, 0.717) is 6.42 Å². The highest BCUT2D eigenvalue weighted by atomic mass is 19.4. The van der Waals surface area contributed by atoms with Crippen LogP contribution in [0.5, 0.6) is 0 Å². The van der Waals surface area contributed by atoms with Crippen molar-refractivity contribution in [3.8, 4) is 0 Å². The largest absolute Gasteiger partial charge is 0.490 e. The van der Waals surface area contributed by atoms with Crippen molar-refractivity contribution in [2.75, 3.05) is 0 Å². The predicted molar refractivity (Wildman–Crippen MR) is 45.2 cm³/mol. The summed E-state index contributed by atoms with van der Waals surface area (Å²) in [7, 11) is 0. The monoisotopic (exact) mass is 241 g/mol. The predicted octanol–water partition coefficient (Wildman–Crippen LogP) is 0.692. The van der Waals surface area contributed by atoms with Crippen molar-refractivity contribution in [1.82, 2.24) is 5.32 Å². The third-order valence-electron chi connectivity index (χ3n) is 1.71. The van der Waals surface area contributed by atoms with E-state index in [1.54, 1.807) is 13.8 Å². The molecule has 1 saturated heterocycles. The number of imide groups is 1. The van der Waals surface area contributed by atoms with Gasteiger partial charge in [0, 0.05) is 6.42 Å². The fourth-order valence-corrected chi connectivity index (χ4v) is 0.822. The Kier molecular flexibility index (Phi) is 4.05. The molecule has 1 fully saturated rings. The first-order chi connectivity index (χ1) is 6.97. The molecule has 2 N–H and O–H groups in total. The van der Waals surface area contributed by atoms with Gasteiger partial charge in [0.15, 0.2) is 0 Å². The van der Waals surface area contributed by atoms with Crippen LogP contribution < -0.4 is 5.32 Å². The molecule has 0 aromatic heterocycles. The van der Waals surface area contributed by atoms with E-state index in [1.165, 1.54) is 0 Å². The second-order valence-electron chi connectivity index (χ2n) is 3.74. The van der Waals surface area contributed by atoms with Gasteiger partial charge in [0.2, 0.25) is 11.8 Å². The summed E-state index contributed by atoms with van der Waals surface area (Å²) < 4.78 is 31.7. The van der Waals surface area contributed by atoms with Gasteiger partial charge in [0.25, 0.3) is 0 Å². The molecule has 0 aromatic carbocycles. The summed E-state index contributed by atoms with van der Waals surface area (Å²) in [4.78, 5) is 30.2. The van der Waals surface area contributed by atoms with E-state index in [2.05, 4.69) is 5.32 Å². The molecule has 0 saturated carbocycles. The third-order valence-corrected chi connectivity index (χ3v) is 1.71. The van der Waals surface area contributed by atoms with Gasteiger partial charge in [0.05, 0.1) is 5.41 Å². The molecule has 16 heavy (non-hydrogen) atoms. The van der Waals surface area contributed by atoms with E-state index in [-0.39, 0.29) is 11.8 Å². The second-order valence-corrected chi connectivity index (χ2v) is 3.74. The Morgan fingerprint density at radius 3 is 1.81 bits per heavy atom. The third kappa shape index (κ3) is 4.28. The molecule has 1 aliphatic heterocycles. The van der Waals surface area contributed by atoms with Crippen LogP contribution in [-0.2, 0) is 14.4 Å². The molecule has 8 heteroatoms. The number of halogens is 3. The van der Waals surface area contributed by atoms with Crippen LogP contribution in [0.2, 0.25) is 0 Å². The van der Waals surface area contributed by atoms with Gasteiger partial charge in [-0.15, -0.1) is 0 Å². The molecule has 0 radical (unpaired) electrons. The summed E-state index contributed by atoms with van der Waals surface area (Å²) >= 11 is 0. The first-order valence-corrected chi connectivity index (χ1v) is 4.11. The number of nitrogens with one attached hydrogen (secondary N) is 1. The van der Waals surface area contributed by atoms with Crippen LogP contribution in [0.3, 0.4) is 0 Å². The lowest BCUT2D eigenvalue weighted by atomic mass is 9.92. The molecule has 0 unspecified atom stereocenters. The number of carbonyl (C=O) groups is 3. The van der Waals surface area contributed by atoms with Crippen molar-refractivity contribution >= 4 is 17.8 Å². The number of carbonyl (C=O) groups excluding carboxylic acids is 2. The van der Waals surface area contributed by atoms with E-state index < -0.39 is 17.6 Å². The maximum atomic E-state index is 10.8. The van der Waals surface area contributed by atoms with E-state index in [9.17, 15) is 22.8 Å². The van der Waals surface area contributed by atoms with Gasteiger partial charge in [-0.05, 0) is 0 Å². The molecule has 2 amide bonds. The van der Waals surface area contributed by atoms with Gasteiger partial charge in [0.1, 0.15) is 0 Å². The SMILES string of the molecule is CC1(C)CC(=O)NC1=O.O=C(O)C(F)(F)F. The maximum absolute atomic E-state index is 10.8. The molecule has 0 spiro atoms. The van der Waals surface area contributed by atoms with E-state index in [4.69, 9.17) is 9.90 Å². The number of alkyl halides is 3. The Bertz CT molecular complexity index is 322. The van der Waals surface area contributed by atoms with Crippen LogP contribution in [0, 0.1) is 5.41 Å². The van der Waals surface area contributed by atoms with Gasteiger partial charge >= 0.3 is 12.1 Å². The van der Waals surface area contributed by atoms with Crippen molar-refractivity contribution < 1.29 is 32.7 Å². The summed E-state index contributed by atoms with van der Waals surface area (Å²) in [6.07, 6.45) is -4.76. The standard InChI is InChI=1S/C6H9NO2.C2HF3O2/c1-6(2)3-4(8)7-5(6)9;3-2(4,5)1(6)7/h3H2,1-2H3,(H,7,8,9);(H,6,7). The van der Waals surface area contributed by atoms with E-state index in [1.807, 2.05) is 0 Å². The summed E-state index contributed by atoms with van der Waals surface area (Å²) in [5, 5.41) is 9.35. The molecule has 0 aromatic rings. The fraction of sp³-hybridized carbons (Fsp3) is 0.625. The average molecular weight is 241 g/mol. The Morgan fingerprint density at radius 1 is 1.38 bits per heavy atom. The number of carboxylic acid groups (broad SMARTS) is 1. The number of carboxylic acids is 1. The molecule has 0 atom stereocenters. The molecule has 0 aliphatic carbocycles. The minimum absolute atomic E-state index is 0.160. The number of aliphatic carboxylic acids is 1. The molecule has 1 rings (SSSR count). The van der Waals surface area contributed by atoms with Crippen LogP contribution in [0.25, 0.3) is 0 Å². The first-order valence-electron chi connectivity index (χ1n) is 4.11. The summed E-state index contributed by atoms with van der Waals surface area (Å²) in [6.45, 7) is 3.51. The van der Waals surface area contributed by atoms with Crippen molar-refractivity contribution in [1.29, 1.82) is 0 Å². The summed E-state index contributed by atoms with van der Waals surface area (Å²) in [5.41, 5.74) is -0.475. The highest BCUT2D eigenvalue weighted by Crippen LogP contribution is 2.24. The molecular weight excluding hydrogens is 231 g/mol. The van der Waals surface area contributed by atoms with E-state index >= 15 is 0 Å². The topological polar surface area (TPSA) is 83.5 Å². The van der Waals surface area contributed by atoms with Crippen LogP contribution in [0.4, 0.5) is 13.2 Å². The zero-order chi connectivity index (χ0) is 13.1. The number of amides is 2. The lowest BCUT2D eigenvalue weighted by Crippen LogP contribution is -2.26. The van der Waals surface area contributed by atoms with Crippen molar-refractivity contribution in [3.05, 3.63) is 0 Å². The number of rotatable bonds is 0. The van der Waals surface area contributed by atoms with Crippen LogP contribution >= 0.6 is 0 Å². The fourth-order valence-electron chi connectivity index (χ4n) is 0.822. The Balaban J connectivity index is 0.000000293. The molecule has 1 aliphatic rings. The lowest BCUT2D eigenvalue weighted by Gasteiger charge is -2.08. The van der Waals surface area contributed by atoms with Gasteiger partial charge in [-0.3, -0.25) is 14.9 Å². The maximum Gasteiger partial charge on any atom is 0.490 e. The van der Waals surface area contributed by atoms with Gasteiger partial charge < -0.3 is 5.11 Å². The van der Waals surface area contributed by atoms with Crippen LogP contribution in [-0.4, -0.2) is 29.1 Å². The van der Waals surface area contributed by atoms with Crippen molar-refractivity contribution in [2.45, 2.75) is 26.4 Å². The smallest absolute Gasteiger partial charge is 0.475 e. The normalized spacial score (nSPS) is 18.6. The van der Waals surface area contributed by atoms with Gasteiger partial charge in [-0.25, -0.2) is 4.79 Å². The molecule has 92 valence electrons. The molecular formula is C8H10F3NO4. The van der Waals surface area contributed by atoms with Gasteiger partial charge in [-0.1, -0.05) is 13.8 Å². The number of hydrogen-bond acceptors (Lipinski definition) is 3. The highest BCUT2D eigenvalue weighted by molar-refractivity contribution is 6.05. The minimum Gasteiger partial charge on any atom is -0.475 e. The quantitative estimate of drug-likeness (QED) is 0.611. The van der Waals surface area contributed by atoms with Crippen molar-refractivity contribution in [3.63, 3.8) is 0 Å². The lowest BCUT2D eigenvalue weighted by molar-refractivity contribution is -0.192. The molecule has 1 heterocycles. The minimum atomic E-state index is -5.08. The highest BCUT2D eigenvalue weighted by Gasteiger charge is 2.38. The average Bonchev–Trinajstić information content (AvgIpc) is 2.22. The van der Waals surface area contributed by atoms with Crippen LogP contribution in [0.15, 0.2) is 0 Å². The van der Waals surface area contributed by atoms with Crippen molar-refractivity contribution in [2.24, 2.45) is 5.41 Å². The Hall–Kier alpha value is -1.60. The van der Waals surface area contributed by atoms with E-state index in [0.717, 1.165) is 0 Å². The van der Waals surface area contributed by atoms with Gasteiger partial charge in [-0.2, -0.15) is 13.2 Å². The summed E-state index contributed by atoms with van der Waals surface area (Å²) in [6, 6.07) is 0. The molecule has 0 bridgehead atoms. The summed E-state index contributed by atoms with van der Waals surface area (Å²) in [5.74, 6) is -3.08. The number of hydrogen-bond donors (Lipinski definition) is 2. The molecule has 5 nitrogen and oxygen atoms in total. The second kappa shape index (κ2) is 4.50. The van der Waals surface area contributed by atoms with Crippen LogP contribution in [0.1, 0.15) is 20.3 Å². The zero-order valence-electron chi connectivity index (χ0n) is 8.51. The first kappa shape index (κ1) is 14.4.